The minimum Gasteiger partial charge on any atom is -0.344 e. The van der Waals surface area contributed by atoms with Crippen LogP contribution in [0.5, 0.6) is 0 Å². The standard InChI is InChI=1S/C18H20N4O3/c19-11-14-7-4-8-22(14)18(25)15-9-12(17(24)21-15)10-16(23)20-13-5-2-1-3-6-13/h1-3,5-6,12,14-15H,4,7-10H2,(H,20,23)(H,21,24)/t12-,14-,15-/m0/s1. The molecular weight excluding hydrogens is 320 g/mol. The van der Waals surface area contributed by atoms with E-state index in [9.17, 15) is 14.4 Å². The third kappa shape index (κ3) is 3.79. The molecule has 0 spiro atoms. The summed E-state index contributed by atoms with van der Waals surface area (Å²) in [7, 11) is 0. The molecule has 2 heterocycles. The van der Waals surface area contributed by atoms with Crippen molar-refractivity contribution in [1.82, 2.24) is 10.2 Å². The van der Waals surface area contributed by atoms with Crippen molar-refractivity contribution in [2.45, 2.75) is 37.8 Å². The highest BCUT2D eigenvalue weighted by Gasteiger charge is 2.41. The lowest BCUT2D eigenvalue weighted by molar-refractivity contribution is -0.134. The summed E-state index contributed by atoms with van der Waals surface area (Å²) >= 11 is 0. The van der Waals surface area contributed by atoms with Crippen LogP contribution >= 0.6 is 0 Å². The quantitative estimate of drug-likeness (QED) is 0.854. The van der Waals surface area contributed by atoms with E-state index in [0.29, 0.717) is 18.7 Å². The van der Waals surface area contributed by atoms with Gasteiger partial charge in [-0.3, -0.25) is 14.4 Å². The first-order valence-corrected chi connectivity index (χ1v) is 8.44. The molecule has 2 fully saturated rings. The Morgan fingerprint density at radius 3 is 2.80 bits per heavy atom. The fraction of sp³-hybridized carbons (Fsp3) is 0.444. The zero-order chi connectivity index (χ0) is 17.8. The van der Waals surface area contributed by atoms with Gasteiger partial charge in [0.25, 0.3) is 0 Å². The predicted molar refractivity (Wildman–Crippen MR) is 90.1 cm³/mol. The number of nitrogens with one attached hydrogen (secondary N) is 2. The van der Waals surface area contributed by atoms with Gasteiger partial charge in [-0.1, -0.05) is 18.2 Å². The molecule has 3 atom stereocenters. The van der Waals surface area contributed by atoms with Gasteiger partial charge in [0.05, 0.1) is 6.07 Å². The van der Waals surface area contributed by atoms with Crippen LogP contribution < -0.4 is 10.6 Å². The second kappa shape index (κ2) is 7.34. The molecule has 3 rings (SSSR count). The maximum atomic E-state index is 12.5. The number of likely N-dealkylation sites (tertiary alicyclic amines) is 1. The van der Waals surface area contributed by atoms with Gasteiger partial charge in [-0.2, -0.15) is 5.26 Å². The van der Waals surface area contributed by atoms with Crippen molar-refractivity contribution in [1.29, 1.82) is 5.26 Å². The Morgan fingerprint density at radius 1 is 1.32 bits per heavy atom. The number of nitrogens with zero attached hydrogens (tertiary/aromatic N) is 2. The lowest BCUT2D eigenvalue weighted by atomic mass is 10.00. The summed E-state index contributed by atoms with van der Waals surface area (Å²) in [6.45, 7) is 0.544. The third-order valence-electron chi connectivity index (χ3n) is 4.68. The number of carbonyl (C=O) groups excluding carboxylic acids is 3. The molecule has 0 bridgehead atoms. The van der Waals surface area contributed by atoms with Crippen LogP contribution in [-0.4, -0.2) is 41.2 Å². The number of carbonyl (C=O) groups is 3. The van der Waals surface area contributed by atoms with Gasteiger partial charge in [0, 0.05) is 24.6 Å². The van der Waals surface area contributed by atoms with Crippen molar-refractivity contribution in [3.8, 4) is 6.07 Å². The minimum atomic E-state index is -0.643. The molecule has 2 N–H and O–H groups in total. The number of rotatable bonds is 4. The number of para-hydroxylation sites is 1. The normalized spacial score (nSPS) is 25.3. The molecule has 0 radical (unpaired) electrons. The number of anilines is 1. The zero-order valence-corrected chi connectivity index (χ0v) is 13.8. The largest absolute Gasteiger partial charge is 0.344 e. The molecule has 0 unspecified atom stereocenters. The fourth-order valence-corrected chi connectivity index (χ4v) is 3.40. The molecule has 0 aromatic heterocycles. The van der Waals surface area contributed by atoms with E-state index >= 15 is 0 Å². The minimum absolute atomic E-state index is 0.0339. The summed E-state index contributed by atoms with van der Waals surface area (Å²) in [6, 6.07) is 10.1. The molecule has 130 valence electrons. The molecule has 2 aliphatic heterocycles. The summed E-state index contributed by atoms with van der Waals surface area (Å²) in [5.74, 6) is -1.28. The van der Waals surface area contributed by atoms with Crippen LogP contribution in [0, 0.1) is 17.2 Å². The van der Waals surface area contributed by atoms with Crippen molar-refractivity contribution >= 4 is 23.4 Å². The molecule has 0 aliphatic carbocycles. The van der Waals surface area contributed by atoms with Gasteiger partial charge < -0.3 is 15.5 Å². The van der Waals surface area contributed by atoms with E-state index in [1.54, 1.807) is 12.1 Å². The Balaban J connectivity index is 1.56. The molecular formula is C18H20N4O3. The molecule has 1 aromatic rings. The highest BCUT2D eigenvalue weighted by atomic mass is 16.2. The monoisotopic (exact) mass is 340 g/mol. The molecule has 7 heteroatoms. The number of hydrogen-bond donors (Lipinski definition) is 2. The first-order valence-electron chi connectivity index (χ1n) is 8.44. The first-order chi connectivity index (χ1) is 12.1. The van der Waals surface area contributed by atoms with E-state index in [2.05, 4.69) is 16.7 Å². The third-order valence-corrected chi connectivity index (χ3v) is 4.68. The summed E-state index contributed by atoms with van der Waals surface area (Å²) < 4.78 is 0. The maximum Gasteiger partial charge on any atom is 0.246 e. The van der Waals surface area contributed by atoms with Crippen LogP contribution in [0.3, 0.4) is 0 Å². The molecule has 2 aliphatic rings. The Bertz CT molecular complexity index is 713. The van der Waals surface area contributed by atoms with Gasteiger partial charge in [0.2, 0.25) is 17.7 Å². The van der Waals surface area contributed by atoms with Crippen LogP contribution in [0.25, 0.3) is 0 Å². The summed E-state index contributed by atoms with van der Waals surface area (Å²) in [5.41, 5.74) is 0.674. The Morgan fingerprint density at radius 2 is 2.08 bits per heavy atom. The molecule has 1 aromatic carbocycles. The van der Waals surface area contributed by atoms with Gasteiger partial charge in [-0.05, 0) is 31.4 Å². The second-order valence-corrected chi connectivity index (χ2v) is 6.43. The summed E-state index contributed by atoms with van der Waals surface area (Å²) in [4.78, 5) is 38.3. The van der Waals surface area contributed by atoms with E-state index in [0.717, 1.165) is 6.42 Å². The molecule has 25 heavy (non-hydrogen) atoms. The van der Waals surface area contributed by atoms with Crippen molar-refractivity contribution < 1.29 is 14.4 Å². The second-order valence-electron chi connectivity index (χ2n) is 6.43. The molecule has 0 saturated carbocycles. The van der Waals surface area contributed by atoms with E-state index in [1.807, 2.05) is 18.2 Å². The van der Waals surface area contributed by atoms with Gasteiger partial charge in [-0.15, -0.1) is 0 Å². The first kappa shape index (κ1) is 17.0. The van der Waals surface area contributed by atoms with Gasteiger partial charge in [0.15, 0.2) is 0 Å². The zero-order valence-electron chi connectivity index (χ0n) is 13.8. The van der Waals surface area contributed by atoms with Crippen molar-refractivity contribution in [2.24, 2.45) is 5.92 Å². The number of amides is 3. The summed E-state index contributed by atoms with van der Waals surface area (Å²) in [5, 5.41) is 14.5. The van der Waals surface area contributed by atoms with Crippen LogP contribution in [0.4, 0.5) is 5.69 Å². The van der Waals surface area contributed by atoms with Crippen LogP contribution in [-0.2, 0) is 14.4 Å². The van der Waals surface area contributed by atoms with E-state index in [-0.39, 0.29) is 30.6 Å². The van der Waals surface area contributed by atoms with Crippen molar-refractivity contribution in [3.63, 3.8) is 0 Å². The highest BCUT2D eigenvalue weighted by Crippen LogP contribution is 2.24. The molecule has 3 amide bonds. The maximum absolute atomic E-state index is 12.5. The van der Waals surface area contributed by atoms with Gasteiger partial charge in [0.1, 0.15) is 12.1 Å². The predicted octanol–water partition coefficient (Wildman–Crippen LogP) is 1.03. The fourth-order valence-electron chi connectivity index (χ4n) is 3.40. The smallest absolute Gasteiger partial charge is 0.246 e. The molecule has 2 saturated heterocycles. The van der Waals surface area contributed by atoms with Gasteiger partial charge in [-0.25, -0.2) is 0 Å². The van der Waals surface area contributed by atoms with Crippen LogP contribution in [0.1, 0.15) is 25.7 Å². The van der Waals surface area contributed by atoms with Gasteiger partial charge >= 0.3 is 0 Å². The van der Waals surface area contributed by atoms with Crippen molar-refractivity contribution in [2.75, 3.05) is 11.9 Å². The Hall–Kier alpha value is -2.88. The van der Waals surface area contributed by atoms with E-state index < -0.39 is 18.0 Å². The summed E-state index contributed by atoms with van der Waals surface area (Å²) in [6.07, 6.45) is 1.79. The Kier molecular flexibility index (Phi) is 4.98. The Labute approximate surface area is 146 Å². The van der Waals surface area contributed by atoms with Crippen LogP contribution in [0.15, 0.2) is 30.3 Å². The lowest BCUT2D eigenvalue weighted by Gasteiger charge is -2.23. The average Bonchev–Trinajstić information content (AvgIpc) is 3.22. The van der Waals surface area contributed by atoms with E-state index in [1.165, 1.54) is 4.90 Å². The topological polar surface area (TPSA) is 102 Å². The van der Waals surface area contributed by atoms with Crippen molar-refractivity contribution in [3.05, 3.63) is 30.3 Å². The number of nitriles is 1. The number of hydrogen-bond acceptors (Lipinski definition) is 4. The van der Waals surface area contributed by atoms with E-state index in [4.69, 9.17) is 5.26 Å². The number of benzene rings is 1. The SMILES string of the molecule is N#C[C@@H]1CCCN1C(=O)[C@@H]1C[C@@H](CC(=O)Nc2ccccc2)C(=O)N1. The average molecular weight is 340 g/mol. The lowest BCUT2D eigenvalue weighted by Crippen LogP contribution is -2.46. The molecule has 7 nitrogen and oxygen atoms in total. The highest BCUT2D eigenvalue weighted by molar-refractivity contribution is 5.97. The van der Waals surface area contributed by atoms with Crippen LogP contribution in [0.2, 0.25) is 0 Å².